The summed E-state index contributed by atoms with van der Waals surface area (Å²) in [5.41, 5.74) is 9.67. The number of guanidine groups is 1. The molecule has 1 atom stereocenters. The molecule has 2 aliphatic rings. The summed E-state index contributed by atoms with van der Waals surface area (Å²) in [5, 5.41) is 3.34. The molecule has 0 saturated heterocycles. The van der Waals surface area contributed by atoms with Crippen LogP contribution in [0.15, 0.2) is 65.7 Å². The van der Waals surface area contributed by atoms with Crippen LogP contribution in [0.4, 0.5) is 5.69 Å². The molecule has 2 aromatic rings. The molecule has 0 aromatic heterocycles. The Morgan fingerprint density at radius 1 is 1.15 bits per heavy atom. The molecule has 1 unspecified atom stereocenters. The summed E-state index contributed by atoms with van der Waals surface area (Å²) < 4.78 is 5.70. The van der Waals surface area contributed by atoms with Crippen LogP contribution in [0.5, 0.6) is 5.75 Å². The molecule has 0 radical (unpaired) electrons. The number of nitrogens with two attached hydrogens (primary N) is 1. The smallest absolute Gasteiger partial charge is 0.189 e. The van der Waals surface area contributed by atoms with Gasteiger partial charge in [0, 0.05) is 30.8 Å². The Labute approximate surface area is 154 Å². The zero-order valence-corrected chi connectivity index (χ0v) is 14.8. The van der Waals surface area contributed by atoms with Crippen molar-refractivity contribution in [3.8, 4) is 5.75 Å². The predicted octanol–water partition coefficient (Wildman–Crippen LogP) is 2.99. The van der Waals surface area contributed by atoms with Crippen molar-refractivity contribution >= 4 is 11.6 Å². The van der Waals surface area contributed by atoms with Gasteiger partial charge in [0.15, 0.2) is 5.96 Å². The summed E-state index contributed by atoms with van der Waals surface area (Å²) in [6, 6.07) is 16.7. The number of aliphatic imine (C=N–C) groups is 1. The molecule has 26 heavy (non-hydrogen) atoms. The number of benzene rings is 2. The van der Waals surface area contributed by atoms with Gasteiger partial charge in [-0.15, -0.1) is 0 Å². The second-order valence-electron chi connectivity index (χ2n) is 6.62. The lowest BCUT2D eigenvalue weighted by molar-refractivity contribution is 0.262. The zero-order valence-electron chi connectivity index (χ0n) is 14.8. The highest BCUT2D eigenvalue weighted by Crippen LogP contribution is 2.31. The summed E-state index contributed by atoms with van der Waals surface area (Å²) in [5.74, 6) is 1.40. The lowest BCUT2D eigenvalue weighted by Crippen LogP contribution is -2.37. The van der Waals surface area contributed by atoms with E-state index in [1.807, 2.05) is 18.2 Å². The van der Waals surface area contributed by atoms with E-state index in [9.17, 15) is 0 Å². The van der Waals surface area contributed by atoms with Gasteiger partial charge in [-0.3, -0.25) is 0 Å². The van der Waals surface area contributed by atoms with Crippen molar-refractivity contribution in [2.75, 3.05) is 24.6 Å². The van der Waals surface area contributed by atoms with Crippen molar-refractivity contribution in [3.63, 3.8) is 0 Å². The van der Waals surface area contributed by atoms with Crippen LogP contribution in [0.3, 0.4) is 0 Å². The summed E-state index contributed by atoms with van der Waals surface area (Å²) in [6.07, 6.45) is 5.27. The third-order valence-corrected chi connectivity index (χ3v) is 4.81. The van der Waals surface area contributed by atoms with E-state index in [1.165, 1.54) is 5.69 Å². The molecule has 0 aliphatic carbocycles. The third kappa shape index (κ3) is 3.67. The Kier molecular flexibility index (Phi) is 4.78. The van der Waals surface area contributed by atoms with Crippen molar-refractivity contribution < 1.29 is 4.74 Å². The molecule has 4 rings (SSSR count). The van der Waals surface area contributed by atoms with Gasteiger partial charge in [-0.2, -0.15) is 0 Å². The number of fused-ring (bicyclic) bond motifs is 1. The Hall–Kier alpha value is -2.95. The van der Waals surface area contributed by atoms with Crippen LogP contribution in [-0.4, -0.2) is 25.7 Å². The van der Waals surface area contributed by atoms with E-state index in [0.29, 0.717) is 19.1 Å². The number of hydrogen-bond donors (Lipinski definition) is 2. The van der Waals surface area contributed by atoms with Crippen molar-refractivity contribution in [2.24, 2.45) is 10.7 Å². The highest BCUT2D eigenvalue weighted by Gasteiger charge is 2.21. The van der Waals surface area contributed by atoms with Crippen molar-refractivity contribution in [3.05, 3.63) is 71.8 Å². The summed E-state index contributed by atoms with van der Waals surface area (Å²) in [7, 11) is 0. The van der Waals surface area contributed by atoms with Crippen LogP contribution in [-0.2, 0) is 6.54 Å². The minimum atomic E-state index is 0.144. The van der Waals surface area contributed by atoms with Crippen molar-refractivity contribution in [2.45, 2.75) is 19.0 Å². The van der Waals surface area contributed by atoms with Crippen LogP contribution in [0.25, 0.3) is 0 Å². The number of para-hydroxylation sites is 1. The Bertz CT molecular complexity index is 822. The quantitative estimate of drug-likeness (QED) is 0.507. The van der Waals surface area contributed by atoms with Gasteiger partial charge in [0.1, 0.15) is 5.75 Å². The minimum Gasteiger partial charge on any atom is -0.493 e. The molecule has 3 N–H and O–H groups in total. The molecule has 5 nitrogen and oxygen atoms in total. The summed E-state index contributed by atoms with van der Waals surface area (Å²) in [6.45, 7) is 3.20. The lowest BCUT2D eigenvalue weighted by atomic mass is 10.0. The maximum absolute atomic E-state index is 6.15. The molecular weight excluding hydrogens is 324 g/mol. The molecule has 2 aliphatic heterocycles. The number of anilines is 1. The number of nitrogens with zero attached hydrogens (tertiary/aromatic N) is 2. The summed E-state index contributed by atoms with van der Waals surface area (Å²) >= 11 is 0. The average Bonchev–Trinajstić information content (AvgIpc) is 3.22. The first kappa shape index (κ1) is 16.5. The molecule has 0 spiro atoms. The average molecular weight is 348 g/mol. The molecule has 0 fully saturated rings. The van der Waals surface area contributed by atoms with Gasteiger partial charge in [0.05, 0.1) is 19.2 Å². The van der Waals surface area contributed by atoms with Crippen LogP contribution in [0.2, 0.25) is 0 Å². The molecule has 5 heteroatoms. The fourth-order valence-corrected chi connectivity index (χ4v) is 3.43. The molecule has 0 bridgehead atoms. The Morgan fingerprint density at radius 3 is 2.88 bits per heavy atom. The van der Waals surface area contributed by atoms with E-state index in [0.717, 1.165) is 36.4 Å². The fourth-order valence-electron chi connectivity index (χ4n) is 3.43. The topological polar surface area (TPSA) is 62.9 Å². The van der Waals surface area contributed by atoms with Gasteiger partial charge in [0.2, 0.25) is 0 Å². The predicted molar refractivity (Wildman–Crippen MR) is 106 cm³/mol. The van der Waals surface area contributed by atoms with E-state index in [1.54, 1.807) is 0 Å². The maximum Gasteiger partial charge on any atom is 0.189 e. The van der Waals surface area contributed by atoms with E-state index in [-0.39, 0.29) is 6.04 Å². The first-order valence-electron chi connectivity index (χ1n) is 9.07. The Balaban J connectivity index is 1.41. The largest absolute Gasteiger partial charge is 0.493 e. The fraction of sp³-hybridized carbons (Fsp3) is 0.286. The van der Waals surface area contributed by atoms with Crippen molar-refractivity contribution in [1.82, 2.24) is 5.32 Å². The van der Waals surface area contributed by atoms with Gasteiger partial charge in [-0.05, 0) is 23.8 Å². The highest BCUT2D eigenvalue weighted by molar-refractivity contribution is 5.78. The highest BCUT2D eigenvalue weighted by atomic mass is 16.5. The monoisotopic (exact) mass is 348 g/mol. The molecular formula is C21H24N4O. The molecule has 2 heterocycles. The normalized spacial score (nSPS) is 19.2. The second-order valence-corrected chi connectivity index (χ2v) is 6.62. The first-order valence-corrected chi connectivity index (χ1v) is 9.07. The SMILES string of the molecule is NC(=NCc1cccc(N2CC=CC2)c1)NC1CCOc2ccccc21. The van der Waals surface area contributed by atoms with E-state index in [2.05, 4.69) is 57.7 Å². The number of ether oxygens (including phenoxy) is 1. The van der Waals surface area contributed by atoms with E-state index in [4.69, 9.17) is 10.5 Å². The minimum absolute atomic E-state index is 0.144. The van der Waals surface area contributed by atoms with E-state index < -0.39 is 0 Å². The molecule has 2 aromatic carbocycles. The molecule has 0 saturated carbocycles. The first-order chi connectivity index (χ1) is 12.8. The lowest BCUT2D eigenvalue weighted by Gasteiger charge is -2.27. The third-order valence-electron chi connectivity index (χ3n) is 4.81. The maximum atomic E-state index is 6.15. The standard InChI is InChI=1S/C21H24N4O/c22-21(24-19-10-13-26-20-9-2-1-8-18(19)20)23-15-16-6-5-7-17(14-16)25-11-3-4-12-25/h1-9,14,19H,10-13,15H2,(H3,22,23,24). The molecule has 0 amide bonds. The second kappa shape index (κ2) is 7.52. The van der Waals surface area contributed by atoms with Gasteiger partial charge in [0.25, 0.3) is 0 Å². The van der Waals surface area contributed by atoms with Crippen LogP contribution in [0, 0.1) is 0 Å². The van der Waals surface area contributed by atoms with E-state index >= 15 is 0 Å². The number of hydrogen-bond acceptors (Lipinski definition) is 3. The zero-order chi connectivity index (χ0) is 17.8. The number of rotatable bonds is 4. The Morgan fingerprint density at radius 2 is 2.00 bits per heavy atom. The number of nitrogens with one attached hydrogen (secondary N) is 1. The van der Waals surface area contributed by atoms with Gasteiger partial charge >= 0.3 is 0 Å². The van der Waals surface area contributed by atoms with Crippen LogP contribution in [0.1, 0.15) is 23.6 Å². The van der Waals surface area contributed by atoms with Crippen LogP contribution < -0.4 is 20.7 Å². The summed E-state index contributed by atoms with van der Waals surface area (Å²) in [4.78, 5) is 6.86. The van der Waals surface area contributed by atoms with Crippen molar-refractivity contribution in [1.29, 1.82) is 0 Å². The molecule has 134 valence electrons. The van der Waals surface area contributed by atoms with Gasteiger partial charge < -0.3 is 20.7 Å². The van der Waals surface area contributed by atoms with Crippen LogP contribution >= 0.6 is 0 Å². The van der Waals surface area contributed by atoms with Gasteiger partial charge in [-0.25, -0.2) is 4.99 Å². The van der Waals surface area contributed by atoms with Gasteiger partial charge in [-0.1, -0.05) is 42.5 Å².